The molecule has 0 aromatic heterocycles. The minimum atomic E-state index is 0.163. The van der Waals surface area contributed by atoms with Crippen molar-refractivity contribution in [1.29, 1.82) is 0 Å². The Hall–Kier alpha value is -1.31. The summed E-state index contributed by atoms with van der Waals surface area (Å²) in [6, 6.07) is 7.98. The van der Waals surface area contributed by atoms with Crippen LogP contribution in [-0.2, 0) is 6.42 Å². The van der Waals surface area contributed by atoms with E-state index in [1.54, 1.807) is 0 Å². The predicted octanol–water partition coefficient (Wildman–Crippen LogP) is 5.32. The lowest BCUT2D eigenvalue weighted by molar-refractivity contribution is 0.0755. The second-order valence-electron chi connectivity index (χ2n) is 6.19. The fourth-order valence-corrected chi connectivity index (χ4v) is 2.45. The third-order valence-electron chi connectivity index (χ3n) is 4.16. The molecule has 0 radical (unpaired) electrons. The van der Waals surface area contributed by atoms with E-state index >= 15 is 0 Å². The highest BCUT2D eigenvalue weighted by Gasteiger charge is 2.17. The van der Waals surface area contributed by atoms with E-state index in [4.69, 9.17) is 0 Å². The molecule has 22 heavy (non-hydrogen) atoms. The van der Waals surface area contributed by atoms with E-state index in [0.29, 0.717) is 0 Å². The van der Waals surface area contributed by atoms with Gasteiger partial charge in [-0.1, -0.05) is 59.1 Å². The maximum absolute atomic E-state index is 12.3. The average Bonchev–Trinajstić information content (AvgIpc) is 3.39. The third-order valence-corrected chi connectivity index (χ3v) is 4.16. The van der Waals surface area contributed by atoms with Crippen LogP contribution < -0.4 is 0 Å². The van der Waals surface area contributed by atoms with Crippen molar-refractivity contribution in [2.45, 2.75) is 66.2 Å². The first-order chi connectivity index (χ1) is 10.7. The predicted molar refractivity (Wildman–Crippen MR) is 95.3 cm³/mol. The second-order valence-corrected chi connectivity index (χ2v) is 6.19. The van der Waals surface area contributed by atoms with Gasteiger partial charge >= 0.3 is 0 Å². The minimum Gasteiger partial charge on any atom is -0.339 e. The molecule has 0 N–H and O–H groups in total. The number of rotatable bonds is 7. The summed E-state index contributed by atoms with van der Waals surface area (Å²) in [5.41, 5.74) is 2.09. The monoisotopic (exact) mass is 303 g/mol. The van der Waals surface area contributed by atoms with Gasteiger partial charge in [0, 0.05) is 18.7 Å². The number of carbonyl (C=O) groups excluding carboxylic acids is 1. The summed E-state index contributed by atoms with van der Waals surface area (Å²) in [5.74, 6) is 1.30. The largest absolute Gasteiger partial charge is 0.339 e. The van der Waals surface area contributed by atoms with Crippen molar-refractivity contribution in [2.24, 2.45) is 5.92 Å². The van der Waals surface area contributed by atoms with Crippen molar-refractivity contribution in [3.8, 4) is 0 Å². The number of hydrogen-bond acceptors (Lipinski definition) is 1. The Labute approximate surface area is 136 Å². The van der Waals surface area contributed by atoms with Gasteiger partial charge in [-0.05, 0) is 42.9 Å². The minimum absolute atomic E-state index is 0.163. The molecular formula is C20H33NO. The Bertz CT molecular complexity index is 414. The van der Waals surface area contributed by atoms with Crippen molar-refractivity contribution in [3.05, 3.63) is 35.4 Å². The van der Waals surface area contributed by atoms with Crippen LogP contribution in [0.3, 0.4) is 0 Å². The van der Waals surface area contributed by atoms with Gasteiger partial charge in [-0.15, -0.1) is 0 Å². The Balaban J connectivity index is 0.000000406. The number of aryl methyl sites for hydroxylation is 1. The summed E-state index contributed by atoms with van der Waals surface area (Å²) >= 11 is 0. The highest BCUT2D eigenvalue weighted by Crippen LogP contribution is 2.31. The summed E-state index contributed by atoms with van der Waals surface area (Å²) in [5, 5.41) is 0. The first kappa shape index (κ1) is 18.7. The molecule has 2 heteroatoms. The molecule has 0 heterocycles. The molecule has 2 nitrogen and oxygen atoms in total. The molecule has 2 rings (SSSR count). The molecule has 1 aliphatic carbocycles. The van der Waals surface area contributed by atoms with Crippen LogP contribution in [0.15, 0.2) is 24.3 Å². The smallest absolute Gasteiger partial charge is 0.253 e. The average molecular weight is 303 g/mol. The van der Waals surface area contributed by atoms with Gasteiger partial charge in [0.2, 0.25) is 0 Å². The maximum Gasteiger partial charge on any atom is 0.253 e. The molecule has 0 bridgehead atoms. The standard InChI is InChI=1S/C15H23NO.C5H10/c1-4-11-16(12-5-2)15(17)14-9-7-13(6-3)8-10-14;1-2-5-3-4-5/h7-10H,4-6,11-12H2,1-3H3;5H,2-4H2,1H3. The molecule has 0 atom stereocenters. The van der Waals surface area contributed by atoms with Crippen LogP contribution in [0.25, 0.3) is 0 Å². The van der Waals surface area contributed by atoms with Crippen molar-refractivity contribution in [1.82, 2.24) is 4.90 Å². The Morgan fingerprint density at radius 2 is 1.55 bits per heavy atom. The van der Waals surface area contributed by atoms with Crippen molar-refractivity contribution in [2.75, 3.05) is 13.1 Å². The van der Waals surface area contributed by atoms with Gasteiger partial charge in [0.25, 0.3) is 5.91 Å². The Morgan fingerprint density at radius 1 is 1.00 bits per heavy atom. The van der Waals surface area contributed by atoms with Crippen molar-refractivity contribution >= 4 is 5.91 Å². The van der Waals surface area contributed by atoms with Gasteiger partial charge in [0.15, 0.2) is 0 Å². The SMILES string of the molecule is CCC1CC1.CCCN(CCC)C(=O)c1ccc(CC)cc1. The number of amides is 1. The first-order valence-electron chi connectivity index (χ1n) is 9.04. The topological polar surface area (TPSA) is 20.3 Å². The molecule has 1 fully saturated rings. The number of nitrogens with zero attached hydrogens (tertiary/aromatic N) is 1. The zero-order chi connectivity index (χ0) is 16.4. The third kappa shape index (κ3) is 6.64. The maximum atomic E-state index is 12.3. The highest BCUT2D eigenvalue weighted by atomic mass is 16.2. The molecule has 0 aliphatic heterocycles. The summed E-state index contributed by atoms with van der Waals surface area (Å²) in [7, 11) is 0. The fraction of sp³-hybridized carbons (Fsp3) is 0.650. The zero-order valence-corrected chi connectivity index (χ0v) is 14.9. The second kappa shape index (κ2) is 10.4. The summed E-state index contributed by atoms with van der Waals surface area (Å²) in [6.07, 6.45) is 7.48. The molecule has 124 valence electrons. The van der Waals surface area contributed by atoms with E-state index in [1.807, 2.05) is 29.2 Å². The summed E-state index contributed by atoms with van der Waals surface area (Å²) < 4.78 is 0. The number of carbonyl (C=O) groups is 1. The quantitative estimate of drug-likeness (QED) is 0.667. The lowest BCUT2D eigenvalue weighted by Gasteiger charge is -2.21. The molecule has 1 aromatic rings. The molecule has 0 spiro atoms. The van der Waals surface area contributed by atoms with Gasteiger partial charge in [0.1, 0.15) is 0 Å². The van der Waals surface area contributed by atoms with Gasteiger partial charge in [-0.3, -0.25) is 4.79 Å². The van der Waals surface area contributed by atoms with Crippen LogP contribution in [0, 0.1) is 5.92 Å². The van der Waals surface area contributed by atoms with Crippen LogP contribution in [0.4, 0.5) is 0 Å². The van der Waals surface area contributed by atoms with Crippen LogP contribution in [0.1, 0.15) is 75.7 Å². The van der Waals surface area contributed by atoms with Gasteiger partial charge in [-0.2, -0.15) is 0 Å². The van der Waals surface area contributed by atoms with Gasteiger partial charge in [0.05, 0.1) is 0 Å². The van der Waals surface area contributed by atoms with Gasteiger partial charge in [-0.25, -0.2) is 0 Å². The van der Waals surface area contributed by atoms with Crippen molar-refractivity contribution < 1.29 is 4.79 Å². The fourth-order valence-electron chi connectivity index (χ4n) is 2.45. The summed E-state index contributed by atoms with van der Waals surface area (Å²) in [4.78, 5) is 14.2. The van der Waals surface area contributed by atoms with Crippen molar-refractivity contribution in [3.63, 3.8) is 0 Å². The van der Waals surface area contributed by atoms with E-state index in [0.717, 1.165) is 43.8 Å². The van der Waals surface area contributed by atoms with E-state index < -0.39 is 0 Å². The normalized spacial score (nSPS) is 13.3. The lowest BCUT2D eigenvalue weighted by Crippen LogP contribution is -2.32. The van der Waals surface area contributed by atoms with E-state index in [-0.39, 0.29) is 5.91 Å². The molecule has 1 saturated carbocycles. The molecular weight excluding hydrogens is 270 g/mol. The van der Waals surface area contributed by atoms with Crippen LogP contribution in [0.5, 0.6) is 0 Å². The molecule has 1 aromatic carbocycles. The zero-order valence-electron chi connectivity index (χ0n) is 14.9. The molecule has 0 unspecified atom stereocenters. The Morgan fingerprint density at radius 3 is 1.86 bits per heavy atom. The van der Waals surface area contributed by atoms with Crippen LogP contribution in [0.2, 0.25) is 0 Å². The number of benzene rings is 1. The van der Waals surface area contributed by atoms with Crippen LogP contribution >= 0.6 is 0 Å². The molecule has 1 amide bonds. The molecule has 1 aliphatic rings. The van der Waals surface area contributed by atoms with E-state index in [1.165, 1.54) is 24.8 Å². The Kier molecular flexibility index (Phi) is 8.88. The molecule has 0 saturated heterocycles. The van der Waals surface area contributed by atoms with E-state index in [2.05, 4.69) is 27.7 Å². The van der Waals surface area contributed by atoms with Gasteiger partial charge < -0.3 is 4.90 Å². The number of hydrogen-bond donors (Lipinski definition) is 0. The summed E-state index contributed by atoms with van der Waals surface area (Å²) in [6.45, 7) is 10.3. The lowest BCUT2D eigenvalue weighted by atomic mass is 10.1. The highest BCUT2D eigenvalue weighted by molar-refractivity contribution is 5.94. The van der Waals surface area contributed by atoms with E-state index in [9.17, 15) is 4.79 Å². The first-order valence-corrected chi connectivity index (χ1v) is 9.04. The van der Waals surface area contributed by atoms with Crippen LogP contribution in [-0.4, -0.2) is 23.9 Å².